The van der Waals surface area contributed by atoms with Gasteiger partial charge in [-0.15, -0.1) is 11.3 Å². The number of hydrogen-bond donors (Lipinski definition) is 3. The largest absolute Gasteiger partial charge is 0.481 e. The number of carbonyl (C=O) groups excluding carboxylic acids is 1. The molecule has 1 amide bonds. The molecule has 226 valence electrons. The van der Waals surface area contributed by atoms with Crippen LogP contribution in [-0.2, 0) is 27.4 Å². The molecule has 14 heteroatoms. The van der Waals surface area contributed by atoms with E-state index < -0.39 is 55.0 Å². The Kier molecular flexibility index (Phi) is 9.14. The van der Waals surface area contributed by atoms with Gasteiger partial charge < -0.3 is 10.4 Å². The lowest BCUT2D eigenvalue weighted by Crippen LogP contribution is -2.46. The molecule has 2 fully saturated rings. The number of carboxylic acid groups (broad SMARTS) is 1. The van der Waals surface area contributed by atoms with Crippen molar-refractivity contribution >= 4 is 44.8 Å². The normalized spacial score (nSPS) is 20.5. The van der Waals surface area contributed by atoms with Gasteiger partial charge in [0.25, 0.3) is 5.91 Å². The van der Waals surface area contributed by atoms with Gasteiger partial charge in [-0.1, -0.05) is 49.8 Å². The summed E-state index contributed by atoms with van der Waals surface area (Å²) in [6.45, 7) is 4.54. The van der Waals surface area contributed by atoms with Gasteiger partial charge in [-0.2, -0.15) is 13.2 Å². The molecule has 1 aromatic heterocycles. The number of nitrogens with one attached hydrogen (secondary N) is 2. The standard InChI is InChI=1S/C27H33ClF3N3O5S2/c1-26(2,3)34-41(38,39)19-10-9-17(21(28)20(19)27(29,30)31)22-18(11-14-7-5-4-6-8-14)33-24(40-22)23(35)32-16-12-15(13-16)25(36)37/h9-10,14-16,34H,4-8,11-13H2,1-3H3,(H,32,35)(H,36,37). The lowest BCUT2D eigenvalue weighted by atomic mass is 9.80. The third kappa shape index (κ3) is 7.41. The number of carboxylic acids is 1. The van der Waals surface area contributed by atoms with Crippen molar-refractivity contribution in [3.63, 3.8) is 0 Å². The monoisotopic (exact) mass is 635 g/mol. The predicted octanol–water partition coefficient (Wildman–Crippen LogP) is 6.27. The molecule has 0 bridgehead atoms. The highest BCUT2D eigenvalue weighted by atomic mass is 35.5. The number of amides is 1. The summed E-state index contributed by atoms with van der Waals surface area (Å²) in [5.41, 5.74) is -2.14. The number of nitrogens with zero attached hydrogens (tertiary/aromatic N) is 1. The molecule has 0 unspecified atom stereocenters. The minimum atomic E-state index is -5.09. The summed E-state index contributed by atoms with van der Waals surface area (Å²) in [6.07, 6.45) is 0.920. The molecule has 2 aliphatic rings. The van der Waals surface area contributed by atoms with Crippen LogP contribution in [0.5, 0.6) is 0 Å². The van der Waals surface area contributed by atoms with E-state index in [1.807, 2.05) is 0 Å². The first kappa shape index (κ1) is 31.7. The molecule has 41 heavy (non-hydrogen) atoms. The van der Waals surface area contributed by atoms with Crippen molar-refractivity contribution in [1.82, 2.24) is 15.0 Å². The molecule has 0 radical (unpaired) electrons. The molecule has 1 aromatic carbocycles. The average molecular weight is 636 g/mol. The van der Waals surface area contributed by atoms with E-state index in [1.165, 1.54) is 26.8 Å². The number of halogens is 4. The fraction of sp³-hybridized carbons (Fsp3) is 0.593. The van der Waals surface area contributed by atoms with Crippen molar-refractivity contribution in [2.45, 2.75) is 94.8 Å². The summed E-state index contributed by atoms with van der Waals surface area (Å²) in [7, 11) is -4.59. The van der Waals surface area contributed by atoms with Gasteiger partial charge in [-0.25, -0.2) is 18.1 Å². The fourth-order valence-corrected chi connectivity index (χ4v) is 8.48. The number of sulfonamides is 1. The van der Waals surface area contributed by atoms with Crippen molar-refractivity contribution in [2.75, 3.05) is 0 Å². The van der Waals surface area contributed by atoms with Gasteiger partial charge >= 0.3 is 12.1 Å². The number of alkyl halides is 3. The van der Waals surface area contributed by atoms with Crippen molar-refractivity contribution in [3.05, 3.63) is 33.4 Å². The predicted molar refractivity (Wildman–Crippen MR) is 150 cm³/mol. The number of rotatable bonds is 8. The maximum Gasteiger partial charge on any atom is 0.419 e. The Balaban J connectivity index is 1.76. The molecule has 0 aliphatic heterocycles. The van der Waals surface area contributed by atoms with Gasteiger partial charge in [-0.3, -0.25) is 9.59 Å². The van der Waals surface area contributed by atoms with E-state index in [-0.39, 0.29) is 40.2 Å². The lowest BCUT2D eigenvalue weighted by molar-refractivity contribution is -0.145. The fourth-order valence-electron chi connectivity index (χ4n) is 5.33. The molecule has 4 rings (SSSR count). The SMILES string of the molecule is CC(C)(C)NS(=O)(=O)c1ccc(-c2sc(C(=O)NC3CC(C(=O)O)C3)nc2CC2CCCCC2)c(Cl)c1C(F)(F)F. The van der Waals surface area contributed by atoms with E-state index in [4.69, 9.17) is 16.7 Å². The highest BCUT2D eigenvalue weighted by Crippen LogP contribution is 2.46. The number of thiazole rings is 1. The molecule has 0 atom stereocenters. The zero-order chi connectivity index (χ0) is 30.3. The van der Waals surface area contributed by atoms with Crippen molar-refractivity contribution in [1.29, 1.82) is 0 Å². The average Bonchev–Trinajstić information content (AvgIpc) is 3.22. The van der Waals surface area contributed by atoms with Gasteiger partial charge in [-0.05, 0) is 52.0 Å². The Morgan fingerprint density at radius 2 is 1.76 bits per heavy atom. The van der Waals surface area contributed by atoms with Crippen LogP contribution >= 0.6 is 22.9 Å². The Morgan fingerprint density at radius 1 is 1.12 bits per heavy atom. The summed E-state index contributed by atoms with van der Waals surface area (Å²) in [4.78, 5) is 27.9. The minimum absolute atomic E-state index is 0.0281. The number of benzene rings is 1. The molecule has 0 spiro atoms. The summed E-state index contributed by atoms with van der Waals surface area (Å²) in [5.74, 6) is -1.77. The molecule has 1 heterocycles. The van der Waals surface area contributed by atoms with Gasteiger partial charge in [0.05, 0.1) is 32.0 Å². The summed E-state index contributed by atoms with van der Waals surface area (Å²) in [5, 5.41) is 11.1. The molecule has 2 aliphatic carbocycles. The molecular formula is C27H33ClF3N3O5S2. The second-order valence-corrected chi connectivity index (χ2v) is 14.9. The van der Waals surface area contributed by atoms with E-state index in [0.717, 1.165) is 49.5 Å². The van der Waals surface area contributed by atoms with Crippen LogP contribution in [0.3, 0.4) is 0 Å². The van der Waals surface area contributed by atoms with E-state index >= 15 is 0 Å². The van der Waals surface area contributed by atoms with Crippen molar-refractivity contribution in [3.8, 4) is 10.4 Å². The van der Waals surface area contributed by atoms with Gasteiger partial charge in [0.1, 0.15) is 0 Å². The maximum atomic E-state index is 14.4. The van der Waals surface area contributed by atoms with Crippen LogP contribution in [0.15, 0.2) is 17.0 Å². The van der Waals surface area contributed by atoms with Crippen LogP contribution in [0.2, 0.25) is 5.02 Å². The second kappa shape index (κ2) is 11.8. The first-order valence-corrected chi connectivity index (χ1v) is 16.1. The van der Waals surface area contributed by atoms with Crippen LogP contribution in [0, 0.1) is 11.8 Å². The quantitative estimate of drug-likeness (QED) is 0.314. The van der Waals surface area contributed by atoms with Crippen LogP contribution < -0.4 is 10.0 Å². The number of carbonyl (C=O) groups is 2. The number of aromatic nitrogens is 1. The van der Waals surface area contributed by atoms with Gasteiger partial charge in [0, 0.05) is 17.1 Å². The molecular weight excluding hydrogens is 603 g/mol. The first-order chi connectivity index (χ1) is 19.0. The number of aliphatic carboxylic acids is 1. The second-order valence-electron chi connectivity index (χ2n) is 11.8. The van der Waals surface area contributed by atoms with E-state index in [0.29, 0.717) is 12.1 Å². The lowest BCUT2D eigenvalue weighted by Gasteiger charge is -2.32. The first-order valence-electron chi connectivity index (χ1n) is 13.4. The molecule has 3 N–H and O–H groups in total. The van der Waals surface area contributed by atoms with Gasteiger partial charge in [0.15, 0.2) is 5.01 Å². The summed E-state index contributed by atoms with van der Waals surface area (Å²) < 4.78 is 71.3. The summed E-state index contributed by atoms with van der Waals surface area (Å²) >= 11 is 7.28. The highest BCUT2D eigenvalue weighted by molar-refractivity contribution is 7.89. The van der Waals surface area contributed by atoms with E-state index in [2.05, 4.69) is 15.0 Å². The Hall–Kier alpha value is -2.22. The van der Waals surface area contributed by atoms with Crippen molar-refractivity contribution in [2.24, 2.45) is 11.8 Å². The zero-order valence-corrected chi connectivity index (χ0v) is 25.3. The molecule has 0 saturated heterocycles. The Bertz CT molecular complexity index is 1420. The smallest absolute Gasteiger partial charge is 0.419 e. The Labute approximate surface area is 246 Å². The van der Waals surface area contributed by atoms with E-state index in [9.17, 15) is 31.2 Å². The molecule has 2 saturated carbocycles. The molecule has 2 aromatic rings. The Morgan fingerprint density at radius 3 is 2.32 bits per heavy atom. The van der Waals surface area contributed by atoms with Gasteiger partial charge in [0.2, 0.25) is 10.0 Å². The van der Waals surface area contributed by atoms with Crippen LogP contribution in [0.25, 0.3) is 10.4 Å². The topological polar surface area (TPSA) is 125 Å². The third-order valence-corrected chi connectivity index (χ3v) is 10.6. The van der Waals surface area contributed by atoms with Crippen LogP contribution in [-0.4, -0.2) is 42.0 Å². The minimum Gasteiger partial charge on any atom is -0.481 e. The van der Waals surface area contributed by atoms with Crippen LogP contribution in [0.1, 0.15) is 86.8 Å². The third-order valence-electron chi connectivity index (χ3n) is 7.28. The number of hydrogen-bond acceptors (Lipinski definition) is 6. The van der Waals surface area contributed by atoms with E-state index in [1.54, 1.807) is 0 Å². The molecule has 8 nitrogen and oxygen atoms in total. The van der Waals surface area contributed by atoms with Crippen LogP contribution in [0.4, 0.5) is 13.2 Å². The van der Waals surface area contributed by atoms with Crippen molar-refractivity contribution < 1.29 is 36.3 Å². The highest BCUT2D eigenvalue weighted by Gasteiger charge is 2.42. The zero-order valence-electron chi connectivity index (χ0n) is 22.9. The maximum absolute atomic E-state index is 14.4. The summed E-state index contributed by atoms with van der Waals surface area (Å²) in [6, 6.07) is 1.79.